The predicted octanol–water partition coefficient (Wildman–Crippen LogP) is 3.70. The summed E-state index contributed by atoms with van der Waals surface area (Å²) in [6.45, 7) is 8.39. The van der Waals surface area contributed by atoms with E-state index in [0.717, 1.165) is 31.7 Å². The summed E-state index contributed by atoms with van der Waals surface area (Å²) in [5.41, 5.74) is 1.90. The van der Waals surface area contributed by atoms with E-state index in [0.29, 0.717) is 18.1 Å². The first-order valence-electron chi connectivity index (χ1n) is 9.06. The minimum Gasteiger partial charge on any atom is -0.493 e. The topological polar surface area (TPSA) is 47.4 Å². The molecular weight excluding hydrogens is 314 g/mol. The Hall–Kier alpha value is -2.30. The fraction of sp³-hybridized carbons (Fsp3) is 0.500. The van der Waals surface area contributed by atoms with Gasteiger partial charge in [0.25, 0.3) is 5.91 Å². The highest BCUT2D eigenvalue weighted by Crippen LogP contribution is 2.21. The molecule has 5 nitrogen and oxygen atoms in total. The highest BCUT2D eigenvalue weighted by atomic mass is 16.5. The van der Waals surface area contributed by atoms with Gasteiger partial charge in [-0.2, -0.15) is 5.10 Å². The second-order valence-electron chi connectivity index (χ2n) is 7.19. The Morgan fingerprint density at radius 2 is 2.08 bits per heavy atom. The van der Waals surface area contributed by atoms with Crippen LogP contribution in [0.2, 0.25) is 0 Å². The number of carbonyl (C=O) groups is 1. The zero-order chi connectivity index (χ0) is 17.8. The van der Waals surface area contributed by atoms with Crippen LogP contribution in [0.3, 0.4) is 0 Å². The predicted molar refractivity (Wildman–Crippen MR) is 97.9 cm³/mol. The summed E-state index contributed by atoms with van der Waals surface area (Å²) < 4.78 is 7.74. The maximum Gasteiger partial charge on any atom is 0.257 e. The van der Waals surface area contributed by atoms with Gasteiger partial charge in [-0.3, -0.25) is 9.48 Å². The van der Waals surface area contributed by atoms with Gasteiger partial charge >= 0.3 is 0 Å². The van der Waals surface area contributed by atoms with Crippen molar-refractivity contribution in [3.05, 3.63) is 47.8 Å². The smallest absolute Gasteiger partial charge is 0.257 e. The van der Waals surface area contributed by atoms with Crippen molar-refractivity contribution in [3.8, 4) is 5.75 Å². The Labute approximate surface area is 149 Å². The summed E-state index contributed by atoms with van der Waals surface area (Å²) in [6.07, 6.45) is 5.64. The van der Waals surface area contributed by atoms with E-state index < -0.39 is 0 Å². The van der Waals surface area contributed by atoms with Crippen LogP contribution in [0.4, 0.5) is 0 Å². The van der Waals surface area contributed by atoms with Crippen LogP contribution in [0, 0.1) is 12.8 Å². The van der Waals surface area contributed by atoms with E-state index in [2.05, 4.69) is 38.0 Å². The van der Waals surface area contributed by atoms with Gasteiger partial charge in [0.1, 0.15) is 5.75 Å². The maximum absolute atomic E-state index is 12.7. The second kappa shape index (κ2) is 7.72. The van der Waals surface area contributed by atoms with Crippen LogP contribution in [0.25, 0.3) is 0 Å². The molecule has 0 N–H and O–H groups in total. The first-order valence-corrected chi connectivity index (χ1v) is 9.06. The van der Waals surface area contributed by atoms with Gasteiger partial charge in [0.15, 0.2) is 0 Å². The Bertz CT molecular complexity index is 706. The van der Waals surface area contributed by atoms with Crippen LogP contribution in [-0.4, -0.2) is 40.3 Å². The summed E-state index contributed by atoms with van der Waals surface area (Å²) >= 11 is 0. The number of aromatic nitrogens is 2. The first kappa shape index (κ1) is 17.5. The molecule has 25 heavy (non-hydrogen) atoms. The summed E-state index contributed by atoms with van der Waals surface area (Å²) in [7, 11) is 0. The van der Waals surface area contributed by atoms with Crippen molar-refractivity contribution in [2.75, 3.05) is 19.7 Å². The largest absolute Gasteiger partial charge is 0.493 e. The molecule has 1 amide bonds. The van der Waals surface area contributed by atoms with Crippen molar-refractivity contribution in [1.29, 1.82) is 0 Å². The average molecular weight is 341 g/mol. The molecule has 0 spiro atoms. The van der Waals surface area contributed by atoms with E-state index in [-0.39, 0.29) is 11.9 Å². The number of amides is 1. The van der Waals surface area contributed by atoms with Crippen molar-refractivity contribution in [2.45, 2.75) is 39.7 Å². The van der Waals surface area contributed by atoms with Crippen LogP contribution >= 0.6 is 0 Å². The van der Waals surface area contributed by atoms with Gasteiger partial charge in [-0.25, -0.2) is 0 Å². The number of nitrogens with zero attached hydrogens (tertiary/aromatic N) is 3. The van der Waals surface area contributed by atoms with Crippen molar-refractivity contribution in [2.24, 2.45) is 5.92 Å². The Morgan fingerprint density at radius 1 is 1.32 bits per heavy atom. The van der Waals surface area contributed by atoms with E-state index in [4.69, 9.17) is 4.74 Å². The van der Waals surface area contributed by atoms with Gasteiger partial charge in [0, 0.05) is 31.2 Å². The molecule has 0 saturated carbocycles. The number of hydrogen-bond acceptors (Lipinski definition) is 3. The SMILES string of the molecule is Cc1ccc(OC[C@@H]2CCCN(C(=O)c3cnn(C(C)C)c3)C2)cc1. The summed E-state index contributed by atoms with van der Waals surface area (Å²) in [6, 6.07) is 8.37. The Kier molecular flexibility index (Phi) is 5.41. The average Bonchev–Trinajstić information content (AvgIpc) is 3.11. The number of aryl methyl sites for hydroxylation is 1. The lowest BCUT2D eigenvalue weighted by molar-refractivity contribution is 0.0633. The molecule has 1 aromatic carbocycles. The molecule has 134 valence electrons. The van der Waals surface area contributed by atoms with Crippen molar-refractivity contribution < 1.29 is 9.53 Å². The highest BCUT2D eigenvalue weighted by Gasteiger charge is 2.25. The standard InChI is InChI=1S/C20H27N3O2/c1-15(2)23-13-18(11-21-23)20(24)22-10-4-5-17(12-22)14-25-19-8-6-16(3)7-9-19/h6-9,11,13,15,17H,4-5,10,12,14H2,1-3H3/t17-/m1/s1. The van der Waals surface area contributed by atoms with Gasteiger partial charge in [0.2, 0.25) is 0 Å². The molecule has 0 radical (unpaired) electrons. The molecule has 0 unspecified atom stereocenters. The number of piperidine rings is 1. The van der Waals surface area contributed by atoms with Gasteiger partial charge in [-0.15, -0.1) is 0 Å². The molecule has 0 bridgehead atoms. The highest BCUT2D eigenvalue weighted by molar-refractivity contribution is 5.93. The molecule has 2 aromatic rings. The van der Waals surface area contributed by atoms with Crippen LogP contribution in [0.1, 0.15) is 48.7 Å². The normalized spacial score (nSPS) is 17.8. The summed E-state index contributed by atoms with van der Waals surface area (Å²) in [4.78, 5) is 14.7. The lowest BCUT2D eigenvalue weighted by Crippen LogP contribution is -2.41. The van der Waals surface area contributed by atoms with Crippen LogP contribution in [0.5, 0.6) is 5.75 Å². The molecule has 1 atom stereocenters. The number of hydrogen-bond donors (Lipinski definition) is 0. The number of ether oxygens (including phenoxy) is 1. The number of rotatable bonds is 5. The molecule has 1 aliphatic rings. The molecule has 1 fully saturated rings. The van der Waals surface area contributed by atoms with Gasteiger partial charge < -0.3 is 9.64 Å². The van der Waals surface area contributed by atoms with Gasteiger partial charge in [0.05, 0.1) is 18.4 Å². The maximum atomic E-state index is 12.7. The lowest BCUT2D eigenvalue weighted by Gasteiger charge is -2.32. The van der Waals surface area contributed by atoms with Crippen LogP contribution in [0.15, 0.2) is 36.7 Å². The fourth-order valence-electron chi connectivity index (χ4n) is 3.15. The third-order valence-electron chi connectivity index (χ3n) is 4.69. The quantitative estimate of drug-likeness (QED) is 0.833. The zero-order valence-electron chi connectivity index (χ0n) is 15.3. The van der Waals surface area contributed by atoms with Gasteiger partial charge in [-0.05, 0) is 45.7 Å². The van der Waals surface area contributed by atoms with Crippen molar-refractivity contribution in [3.63, 3.8) is 0 Å². The number of likely N-dealkylation sites (tertiary alicyclic amines) is 1. The third-order valence-corrected chi connectivity index (χ3v) is 4.69. The fourth-order valence-corrected chi connectivity index (χ4v) is 3.15. The van der Waals surface area contributed by atoms with Crippen molar-refractivity contribution in [1.82, 2.24) is 14.7 Å². The molecule has 2 heterocycles. The van der Waals surface area contributed by atoms with Crippen LogP contribution < -0.4 is 4.74 Å². The molecule has 0 aliphatic carbocycles. The molecule has 5 heteroatoms. The molecular formula is C20H27N3O2. The third kappa shape index (κ3) is 4.41. The second-order valence-corrected chi connectivity index (χ2v) is 7.19. The number of benzene rings is 1. The van der Waals surface area contributed by atoms with E-state index >= 15 is 0 Å². The van der Waals surface area contributed by atoms with E-state index in [1.165, 1.54) is 5.56 Å². The van der Waals surface area contributed by atoms with E-state index in [1.807, 2.05) is 27.9 Å². The molecule has 1 saturated heterocycles. The van der Waals surface area contributed by atoms with Crippen LogP contribution in [-0.2, 0) is 0 Å². The zero-order valence-corrected chi connectivity index (χ0v) is 15.3. The first-order chi connectivity index (χ1) is 12.0. The Morgan fingerprint density at radius 3 is 2.76 bits per heavy atom. The molecule has 1 aromatic heterocycles. The monoisotopic (exact) mass is 341 g/mol. The summed E-state index contributed by atoms with van der Waals surface area (Å²) in [5, 5.41) is 4.28. The molecule has 3 rings (SSSR count). The lowest BCUT2D eigenvalue weighted by atomic mass is 9.98. The van der Waals surface area contributed by atoms with E-state index in [1.54, 1.807) is 6.20 Å². The number of carbonyl (C=O) groups excluding carboxylic acids is 1. The minimum atomic E-state index is 0.0759. The van der Waals surface area contributed by atoms with Gasteiger partial charge in [-0.1, -0.05) is 17.7 Å². The summed E-state index contributed by atoms with van der Waals surface area (Å²) in [5.74, 6) is 1.35. The Balaban J connectivity index is 1.56. The minimum absolute atomic E-state index is 0.0759. The molecule has 1 aliphatic heterocycles. The van der Waals surface area contributed by atoms with E-state index in [9.17, 15) is 4.79 Å². The van der Waals surface area contributed by atoms with Crippen molar-refractivity contribution >= 4 is 5.91 Å².